The molecule has 2 atom stereocenters. The van der Waals surface area contributed by atoms with Crippen LogP contribution in [0.15, 0.2) is 12.2 Å². The summed E-state index contributed by atoms with van der Waals surface area (Å²) in [4.78, 5) is 24.6. The Morgan fingerprint density at radius 3 is 1.07 bits per heavy atom. The molecule has 0 bridgehead atoms. The summed E-state index contributed by atoms with van der Waals surface area (Å²) in [6.07, 6.45) is 67.8. The van der Waals surface area contributed by atoms with Gasteiger partial charge in [-0.05, 0) is 51.4 Å². The first-order valence-electron chi connectivity index (χ1n) is 30.4. The second-order valence-corrected chi connectivity index (χ2v) is 21.0. The Morgan fingerprint density at radius 1 is 0.403 bits per heavy atom. The number of nitrogens with one attached hydrogen (secondary N) is 1. The molecule has 0 rings (SSSR count). The maximum atomic E-state index is 12.5. The molecule has 67 heavy (non-hydrogen) atoms. The van der Waals surface area contributed by atoms with Crippen molar-refractivity contribution < 1.29 is 24.5 Å². The summed E-state index contributed by atoms with van der Waals surface area (Å²) in [5.74, 6) is -0.0684. The molecule has 2 unspecified atom stereocenters. The van der Waals surface area contributed by atoms with Crippen LogP contribution in [-0.4, -0.2) is 47.4 Å². The van der Waals surface area contributed by atoms with E-state index >= 15 is 0 Å². The first kappa shape index (κ1) is 65.6. The van der Waals surface area contributed by atoms with Gasteiger partial charge < -0.3 is 20.3 Å². The topological polar surface area (TPSA) is 95.9 Å². The van der Waals surface area contributed by atoms with E-state index in [1.54, 1.807) is 0 Å². The zero-order chi connectivity index (χ0) is 48.6. The van der Waals surface area contributed by atoms with Crippen LogP contribution in [-0.2, 0) is 14.3 Å². The van der Waals surface area contributed by atoms with Crippen LogP contribution in [0.2, 0.25) is 0 Å². The molecule has 0 aromatic carbocycles. The lowest BCUT2D eigenvalue weighted by Crippen LogP contribution is -2.45. The third-order valence-corrected chi connectivity index (χ3v) is 14.3. The van der Waals surface area contributed by atoms with E-state index in [1.807, 2.05) is 0 Å². The summed E-state index contributed by atoms with van der Waals surface area (Å²) in [7, 11) is 0. The number of aliphatic hydroxyl groups excluding tert-OH is 2. The Kier molecular flexibility index (Phi) is 56.0. The highest BCUT2D eigenvalue weighted by molar-refractivity contribution is 5.76. The Balaban J connectivity index is 3.46. The number of rotatable bonds is 57. The number of allylic oxidation sites excluding steroid dienone is 2. The van der Waals surface area contributed by atoms with Gasteiger partial charge in [0.15, 0.2) is 0 Å². The molecule has 0 fully saturated rings. The van der Waals surface area contributed by atoms with Crippen LogP contribution >= 0.6 is 0 Å². The monoisotopic (exact) mass is 946 g/mol. The van der Waals surface area contributed by atoms with Crippen LogP contribution in [0.25, 0.3) is 0 Å². The molecule has 0 aliphatic carbocycles. The fraction of sp³-hybridized carbons (Fsp3) is 0.934. The molecule has 6 nitrogen and oxygen atoms in total. The van der Waals surface area contributed by atoms with E-state index < -0.39 is 12.1 Å². The SMILES string of the molecule is CCCCCCCCCCCCCCCCCCCCCC(O)C(CO)NC(=O)CCCCC/C=C\CCCCCCCCOC(=O)CCCCCCCCCCCCCCCCCCCC. The largest absolute Gasteiger partial charge is 0.466 e. The highest BCUT2D eigenvalue weighted by Crippen LogP contribution is 2.18. The van der Waals surface area contributed by atoms with E-state index in [1.165, 1.54) is 238 Å². The molecule has 398 valence electrons. The fourth-order valence-electron chi connectivity index (χ4n) is 9.64. The first-order valence-corrected chi connectivity index (χ1v) is 30.4. The predicted molar refractivity (Wildman–Crippen MR) is 292 cm³/mol. The zero-order valence-electron chi connectivity index (χ0n) is 45.4. The fourth-order valence-corrected chi connectivity index (χ4v) is 9.64. The number of ether oxygens (including phenoxy) is 1. The number of aliphatic hydroxyl groups is 2. The molecule has 0 spiro atoms. The van der Waals surface area contributed by atoms with E-state index in [2.05, 4.69) is 31.3 Å². The Labute approximate surface area is 419 Å². The molecule has 0 aliphatic rings. The van der Waals surface area contributed by atoms with Crippen molar-refractivity contribution in [3.05, 3.63) is 12.2 Å². The smallest absolute Gasteiger partial charge is 0.305 e. The van der Waals surface area contributed by atoms with Crippen LogP contribution in [0.3, 0.4) is 0 Å². The molecule has 0 aromatic heterocycles. The summed E-state index contributed by atoms with van der Waals surface area (Å²) >= 11 is 0. The predicted octanol–water partition coefficient (Wildman–Crippen LogP) is 18.9. The normalized spacial score (nSPS) is 12.6. The van der Waals surface area contributed by atoms with Gasteiger partial charge in [0, 0.05) is 12.8 Å². The third-order valence-electron chi connectivity index (χ3n) is 14.3. The minimum absolute atomic E-state index is 0.00717. The molecule has 0 heterocycles. The van der Waals surface area contributed by atoms with Crippen molar-refractivity contribution in [2.45, 2.75) is 353 Å². The van der Waals surface area contributed by atoms with Crippen molar-refractivity contribution in [2.24, 2.45) is 0 Å². The van der Waals surface area contributed by atoms with Crippen LogP contribution in [0.5, 0.6) is 0 Å². The van der Waals surface area contributed by atoms with Crippen molar-refractivity contribution in [3.8, 4) is 0 Å². The van der Waals surface area contributed by atoms with E-state index in [-0.39, 0.29) is 18.5 Å². The van der Waals surface area contributed by atoms with Crippen LogP contribution in [0.4, 0.5) is 0 Å². The van der Waals surface area contributed by atoms with Gasteiger partial charge in [0.05, 0.1) is 25.4 Å². The molecule has 0 radical (unpaired) electrons. The van der Waals surface area contributed by atoms with E-state index in [0.717, 1.165) is 70.6 Å². The first-order chi connectivity index (χ1) is 33.0. The number of unbranched alkanes of at least 4 members (excludes halogenated alkanes) is 44. The maximum absolute atomic E-state index is 12.5. The lowest BCUT2D eigenvalue weighted by Gasteiger charge is -2.22. The summed E-state index contributed by atoms with van der Waals surface area (Å²) in [5.41, 5.74) is 0. The van der Waals surface area contributed by atoms with Gasteiger partial charge in [0.25, 0.3) is 0 Å². The Hall–Kier alpha value is -1.40. The average molecular weight is 947 g/mol. The van der Waals surface area contributed by atoms with E-state index in [9.17, 15) is 19.8 Å². The molecular formula is C61H119NO5. The molecule has 6 heteroatoms. The lowest BCUT2D eigenvalue weighted by molar-refractivity contribution is -0.143. The number of hydrogen-bond donors (Lipinski definition) is 3. The van der Waals surface area contributed by atoms with Crippen molar-refractivity contribution in [2.75, 3.05) is 13.2 Å². The van der Waals surface area contributed by atoms with Crippen molar-refractivity contribution >= 4 is 11.9 Å². The van der Waals surface area contributed by atoms with Crippen LogP contribution < -0.4 is 5.32 Å². The molecule has 0 aromatic rings. The number of carbonyl (C=O) groups is 2. The number of carbonyl (C=O) groups excluding carboxylic acids is 2. The molecular weight excluding hydrogens is 827 g/mol. The minimum atomic E-state index is -0.681. The van der Waals surface area contributed by atoms with E-state index in [0.29, 0.717) is 25.9 Å². The van der Waals surface area contributed by atoms with Gasteiger partial charge >= 0.3 is 5.97 Å². The van der Waals surface area contributed by atoms with Crippen LogP contribution in [0, 0.1) is 0 Å². The second-order valence-electron chi connectivity index (χ2n) is 21.0. The zero-order valence-corrected chi connectivity index (χ0v) is 45.4. The number of amides is 1. The highest BCUT2D eigenvalue weighted by Gasteiger charge is 2.20. The average Bonchev–Trinajstić information content (AvgIpc) is 3.33. The number of hydrogen-bond acceptors (Lipinski definition) is 5. The minimum Gasteiger partial charge on any atom is -0.466 e. The molecule has 3 N–H and O–H groups in total. The van der Waals surface area contributed by atoms with Gasteiger partial charge in [-0.1, -0.05) is 289 Å². The Bertz CT molecular complexity index is 1000. The summed E-state index contributed by atoms with van der Waals surface area (Å²) in [5, 5.41) is 23.3. The second kappa shape index (κ2) is 57.2. The maximum Gasteiger partial charge on any atom is 0.305 e. The van der Waals surface area contributed by atoms with Gasteiger partial charge in [0.2, 0.25) is 5.91 Å². The van der Waals surface area contributed by atoms with Gasteiger partial charge in [-0.2, -0.15) is 0 Å². The standard InChI is InChI=1S/C61H119NO5/c1-3-5-7-9-11-13-15-17-19-21-23-24-26-29-33-37-41-45-49-53-59(64)58(57-63)62-60(65)54-50-46-42-38-34-30-28-32-36-40-44-48-52-56-67-61(66)55-51-47-43-39-35-31-27-25-22-20-18-16-14-12-10-8-6-4-2/h30,34,58-59,63-64H,3-29,31-33,35-57H2,1-2H3,(H,62,65)/b34-30-. The molecule has 0 saturated carbocycles. The van der Waals surface area contributed by atoms with Gasteiger partial charge in [-0.25, -0.2) is 0 Å². The van der Waals surface area contributed by atoms with Crippen molar-refractivity contribution in [1.29, 1.82) is 0 Å². The summed E-state index contributed by atoms with van der Waals surface area (Å²) in [6, 6.07) is -0.561. The third kappa shape index (κ3) is 53.8. The molecule has 0 saturated heterocycles. The van der Waals surface area contributed by atoms with E-state index in [4.69, 9.17) is 4.74 Å². The number of esters is 1. The van der Waals surface area contributed by atoms with Crippen LogP contribution in [0.1, 0.15) is 341 Å². The van der Waals surface area contributed by atoms with Gasteiger partial charge in [-0.3, -0.25) is 9.59 Å². The van der Waals surface area contributed by atoms with Gasteiger partial charge in [0.1, 0.15) is 0 Å². The van der Waals surface area contributed by atoms with Crippen molar-refractivity contribution in [3.63, 3.8) is 0 Å². The summed E-state index contributed by atoms with van der Waals surface area (Å²) < 4.78 is 5.48. The quantitative estimate of drug-likeness (QED) is 0.0321. The summed E-state index contributed by atoms with van der Waals surface area (Å²) in [6.45, 7) is 4.94. The molecule has 0 aliphatic heterocycles. The van der Waals surface area contributed by atoms with Crippen molar-refractivity contribution in [1.82, 2.24) is 5.32 Å². The highest BCUT2D eigenvalue weighted by atomic mass is 16.5. The lowest BCUT2D eigenvalue weighted by atomic mass is 10.0. The Morgan fingerprint density at radius 2 is 0.701 bits per heavy atom. The molecule has 1 amide bonds. The van der Waals surface area contributed by atoms with Gasteiger partial charge in [-0.15, -0.1) is 0 Å².